The summed E-state index contributed by atoms with van der Waals surface area (Å²) in [4.78, 5) is 16.4. The average molecular weight is 383 g/mol. The van der Waals surface area contributed by atoms with E-state index in [1.807, 2.05) is 27.7 Å². The van der Waals surface area contributed by atoms with E-state index < -0.39 is 9.84 Å². The van der Waals surface area contributed by atoms with Gasteiger partial charge in [-0.2, -0.15) is 0 Å². The van der Waals surface area contributed by atoms with Gasteiger partial charge in [-0.15, -0.1) is 0 Å². The van der Waals surface area contributed by atoms with Crippen molar-refractivity contribution in [3.05, 3.63) is 29.8 Å². The Morgan fingerprint density at radius 1 is 1.12 bits per heavy atom. The lowest BCUT2D eigenvalue weighted by Gasteiger charge is -2.20. The number of hydrogen-bond acceptors (Lipinski definition) is 4. The Bertz CT molecular complexity index is 720. The molecule has 0 bridgehead atoms. The standard InChI is InChI=1S/C18H30N4O3S/c1-6-19-17(21-13-16(23)22-18(2,3)4)20-12-11-14-7-9-15(10-8-14)26(5,24)25/h7-10H,6,11-13H2,1-5H3,(H,22,23)(H2,19,20,21). The van der Waals surface area contributed by atoms with Crippen molar-refractivity contribution < 1.29 is 13.2 Å². The van der Waals surface area contributed by atoms with E-state index in [1.165, 1.54) is 6.26 Å². The number of nitrogens with zero attached hydrogens (tertiary/aromatic N) is 1. The molecule has 0 aromatic heterocycles. The molecule has 1 aromatic carbocycles. The van der Waals surface area contributed by atoms with Crippen molar-refractivity contribution in [1.82, 2.24) is 16.0 Å². The summed E-state index contributed by atoms with van der Waals surface area (Å²) in [5.74, 6) is 0.440. The van der Waals surface area contributed by atoms with Crippen LogP contribution in [-0.4, -0.2) is 51.7 Å². The highest BCUT2D eigenvalue weighted by atomic mass is 32.2. The molecule has 0 unspecified atom stereocenters. The van der Waals surface area contributed by atoms with E-state index in [-0.39, 0.29) is 18.0 Å². The van der Waals surface area contributed by atoms with Gasteiger partial charge in [-0.05, 0) is 51.8 Å². The molecule has 0 saturated heterocycles. The van der Waals surface area contributed by atoms with Crippen LogP contribution < -0.4 is 16.0 Å². The highest BCUT2D eigenvalue weighted by molar-refractivity contribution is 7.90. The van der Waals surface area contributed by atoms with Gasteiger partial charge >= 0.3 is 0 Å². The van der Waals surface area contributed by atoms with Crippen molar-refractivity contribution in [1.29, 1.82) is 0 Å². The zero-order chi connectivity index (χ0) is 19.8. The molecule has 7 nitrogen and oxygen atoms in total. The molecule has 3 N–H and O–H groups in total. The number of guanidine groups is 1. The summed E-state index contributed by atoms with van der Waals surface area (Å²) in [6, 6.07) is 6.83. The van der Waals surface area contributed by atoms with E-state index >= 15 is 0 Å². The molecule has 0 aliphatic heterocycles. The number of nitrogens with one attached hydrogen (secondary N) is 3. The second-order valence-corrected chi connectivity index (χ2v) is 9.10. The smallest absolute Gasteiger partial charge is 0.242 e. The van der Waals surface area contributed by atoms with Crippen molar-refractivity contribution in [3.8, 4) is 0 Å². The fourth-order valence-electron chi connectivity index (χ4n) is 2.18. The lowest BCUT2D eigenvalue weighted by Crippen LogP contribution is -2.43. The number of carbonyl (C=O) groups is 1. The van der Waals surface area contributed by atoms with E-state index in [0.29, 0.717) is 30.4 Å². The first kappa shape index (κ1) is 22.0. The minimum absolute atomic E-state index is 0.0512. The number of benzene rings is 1. The van der Waals surface area contributed by atoms with Gasteiger partial charge in [0, 0.05) is 24.9 Å². The second-order valence-electron chi connectivity index (χ2n) is 7.09. The fraction of sp³-hybridized carbons (Fsp3) is 0.556. The molecule has 8 heteroatoms. The molecule has 1 aromatic rings. The molecule has 1 rings (SSSR count). The number of hydrogen-bond donors (Lipinski definition) is 3. The number of aliphatic imine (C=N–C) groups is 1. The first-order valence-corrected chi connectivity index (χ1v) is 10.5. The minimum Gasteiger partial charge on any atom is -0.357 e. The van der Waals surface area contributed by atoms with Crippen LogP contribution >= 0.6 is 0 Å². The van der Waals surface area contributed by atoms with Gasteiger partial charge in [-0.25, -0.2) is 13.4 Å². The number of rotatable bonds is 7. The molecule has 146 valence electrons. The Hall–Kier alpha value is -2.09. The fourth-order valence-corrected chi connectivity index (χ4v) is 2.81. The summed E-state index contributed by atoms with van der Waals surface area (Å²) in [6.07, 6.45) is 1.90. The Labute approximate surface area is 156 Å². The molecule has 0 aliphatic carbocycles. The molecule has 1 amide bonds. The molecule has 0 atom stereocenters. The quantitative estimate of drug-likeness (QED) is 0.484. The van der Waals surface area contributed by atoms with Crippen LogP contribution in [0.3, 0.4) is 0 Å². The van der Waals surface area contributed by atoms with Crippen molar-refractivity contribution in [3.63, 3.8) is 0 Å². The molecule has 0 saturated carbocycles. The van der Waals surface area contributed by atoms with Crippen LogP contribution in [0.15, 0.2) is 34.2 Å². The van der Waals surface area contributed by atoms with Crippen LogP contribution in [0, 0.1) is 0 Å². The zero-order valence-corrected chi connectivity index (χ0v) is 17.0. The summed E-state index contributed by atoms with van der Waals surface area (Å²) in [6.45, 7) is 9.08. The summed E-state index contributed by atoms with van der Waals surface area (Å²) in [7, 11) is -3.17. The highest BCUT2D eigenvalue weighted by Gasteiger charge is 2.13. The van der Waals surface area contributed by atoms with E-state index in [1.54, 1.807) is 24.3 Å². The third-order valence-corrected chi connectivity index (χ3v) is 4.43. The normalized spacial score (nSPS) is 12.6. The summed E-state index contributed by atoms with van der Waals surface area (Å²) >= 11 is 0. The van der Waals surface area contributed by atoms with Gasteiger partial charge in [-0.1, -0.05) is 12.1 Å². The molecular weight excluding hydrogens is 352 g/mol. The van der Waals surface area contributed by atoms with Crippen molar-refractivity contribution >= 4 is 21.7 Å². The Morgan fingerprint density at radius 3 is 2.23 bits per heavy atom. The van der Waals surface area contributed by atoms with Gasteiger partial charge in [0.2, 0.25) is 5.91 Å². The maximum absolute atomic E-state index is 11.9. The van der Waals surface area contributed by atoms with Gasteiger partial charge < -0.3 is 16.0 Å². The van der Waals surface area contributed by atoms with E-state index in [0.717, 1.165) is 5.56 Å². The van der Waals surface area contributed by atoms with E-state index in [4.69, 9.17) is 0 Å². The van der Waals surface area contributed by atoms with Crippen LogP contribution in [0.5, 0.6) is 0 Å². The lowest BCUT2D eigenvalue weighted by molar-refractivity contribution is -0.121. The number of amides is 1. The maximum atomic E-state index is 11.9. The lowest BCUT2D eigenvalue weighted by atomic mass is 10.1. The highest BCUT2D eigenvalue weighted by Crippen LogP contribution is 2.10. The van der Waals surface area contributed by atoms with Crippen molar-refractivity contribution in [2.75, 3.05) is 25.9 Å². The second kappa shape index (κ2) is 9.56. The predicted octanol–water partition coefficient (Wildman–Crippen LogP) is 1.10. The van der Waals surface area contributed by atoms with Gasteiger partial charge in [0.15, 0.2) is 15.8 Å². The average Bonchev–Trinajstić information content (AvgIpc) is 2.50. The van der Waals surface area contributed by atoms with Crippen LogP contribution in [-0.2, 0) is 21.1 Å². The summed E-state index contributed by atoms with van der Waals surface area (Å²) < 4.78 is 22.9. The van der Waals surface area contributed by atoms with Crippen LogP contribution in [0.25, 0.3) is 0 Å². The molecule has 26 heavy (non-hydrogen) atoms. The molecule has 0 fully saturated rings. The third-order valence-electron chi connectivity index (χ3n) is 3.30. The Balaban J connectivity index is 2.55. The molecule has 0 heterocycles. The summed E-state index contributed by atoms with van der Waals surface area (Å²) in [5, 5.41) is 9.13. The third kappa shape index (κ3) is 8.84. The van der Waals surface area contributed by atoms with E-state index in [9.17, 15) is 13.2 Å². The Kier molecular flexibility index (Phi) is 8.08. The van der Waals surface area contributed by atoms with Crippen molar-refractivity contribution in [2.24, 2.45) is 4.99 Å². The van der Waals surface area contributed by atoms with Gasteiger partial charge in [-0.3, -0.25) is 4.79 Å². The minimum atomic E-state index is -3.17. The topological polar surface area (TPSA) is 99.7 Å². The van der Waals surface area contributed by atoms with Crippen LogP contribution in [0.2, 0.25) is 0 Å². The monoisotopic (exact) mass is 382 g/mol. The first-order valence-electron chi connectivity index (χ1n) is 8.63. The van der Waals surface area contributed by atoms with Crippen molar-refractivity contribution in [2.45, 2.75) is 44.6 Å². The first-order chi connectivity index (χ1) is 12.0. The predicted molar refractivity (Wildman–Crippen MR) is 105 cm³/mol. The van der Waals surface area contributed by atoms with E-state index in [2.05, 4.69) is 20.9 Å². The molecule has 0 spiro atoms. The Morgan fingerprint density at radius 2 is 1.73 bits per heavy atom. The number of sulfone groups is 1. The maximum Gasteiger partial charge on any atom is 0.242 e. The largest absolute Gasteiger partial charge is 0.357 e. The molecule has 0 aliphatic rings. The van der Waals surface area contributed by atoms with Gasteiger partial charge in [0.05, 0.1) is 4.90 Å². The van der Waals surface area contributed by atoms with Crippen LogP contribution in [0.4, 0.5) is 0 Å². The zero-order valence-electron chi connectivity index (χ0n) is 16.2. The molecular formula is C18H30N4O3S. The SMILES string of the molecule is CCNC(=NCC(=O)NC(C)(C)C)NCCc1ccc(S(C)(=O)=O)cc1. The number of carbonyl (C=O) groups excluding carboxylic acids is 1. The molecule has 0 radical (unpaired) electrons. The van der Waals surface area contributed by atoms with Gasteiger partial charge in [0.1, 0.15) is 6.54 Å². The van der Waals surface area contributed by atoms with Gasteiger partial charge in [0.25, 0.3) is 0 Å². The summed E-state index contributed by atoms with van der Waals surface area (Å²) in [5.41, 5.74) is 0.738. The van der Waals surface area contributed by atoms with Crippen LogP contribution in [0.1, 0.15) is 33.3 Å².